The molecule has 0 fully saturated rings. The Kier molecular flexibility index (Phi) is 4.93. The van der Waals surface area contributed by atoms with Crippen LogP contribution >= 0.6 is 11.8 Å². The lowest BCUT2D eigenvalue weighted by molar-refractivity contribution is 0.0253. The molecule has 0 spiro atoms. The molecule has 1 heterocycles. The molecule has 1 aromatic carbocycles. The first kappa shape index (κ1) is 14.9. The summed E-state index contributed by atoms with van der Waals surface area (Å²) in [4.78, 5) is 1.36. The predicted molar refractivity (Wildman–Crippen MR) is 80.6 cm³/mol. The van der Waals surface area contributed by atoms with Gasteiger partial charge in [0.05, 0.1) is 13.2 Å². The second kappa shape index (κ2) is 6.29. The van der Waals surface area contributed by atoms with E-state index < -0.39 is 0 Å². The summed E-state index contributed by atoms with van der Waals surface area (Å²) in [6.07, 6.45) is 1.76. The van der Waals surface area contributed by atoms with Crippen molar-refractivity contribution in [1.82, 2.24) is 0 Å². The maximum Gasteiger partial charge on any atom is 0.0509 e. The highest BCUT2D eigenvalue weighted by Crippen LogP contribution is 2.46. The molecule has 1 aromatic rings. The Bertz CT molecular complexity index is 413. The van der Waals surface area contributed by atoms with Crippen LogP contribution in [0.25, 0.3) is 0 Å². The van der Waals surface area contributed by atoms with Crippen LogP contribution in [0.3, 0.4) is 0 Å². The van der Waals surface area contributed by atoms with Crippen LogP contribution < -0.4 is 0 Å². The fraction of sp³-hybridized carbons (Fsp3) is 0.625. The Balaban J connectivity index is 2.15. The van der Waals surface area contributed by atoms with Crippen LogP contribution in [0.4, 0.5) is 0 Å². The average molecular weight is 280 g/mol. The molecule has 0 aliphatic carbocycles. The topological polar surface area (TPSA) is 40.5 Å². The molecule has 1 unspecified atom stereocenters. The van der Waals surface area contributed by atoms with Gasteiger partial charge in [0.2, 0.25) is 0 Å². The molecular formula is C16H24O2S. The number of rotatable bonds is 6. The van der Waals surface area contributed by atoms with Crippen LogP contribution in [0.5, 0.6) is 0 Å². The minimum atomic E-state index is -0.336. The van der Waals surface area contributed by atoms with Gasteiger partial charge in [-0.1, -0.05) is 32.0 Å². The Morgan fingerprint density at radius 2 is 1.95 bits per heavy atom. The fourth-order valence-corrected chi connectivity index (χ4v) is 4.43. The van der Waals surface area contributed by atoms with Crippen molar-refractivity contribution in [3.8, 4) is 0 Å². The molecule has 1 atom stereocenters. The third-order valence-electron chi connectivity index (χ3n) is 3.99. The van der Waals surface area contributed by atoms with Crippen LogP contribution in [-0.2, 0) is 0 Å². The van der Waals surface area contributed by atoms with Crippen molar-refractivity contribution in [2.45, 2.75) is 37.5 Å². The first-order chi connectivity index (χ1) is 9.10. The molecule has 1 aliphatic heterocycles. The highest BCUT2D eigenvalue weighted by molar-refractivity contribution is 7.99. The summed E-state index contributed by atoms with van der Waals surface area (Å²) < 4.78 is 0. The number of hydrogen-bond donors (Lipinski definition) is 2. The summed E-state index contributed by atoms with van der Waals surface area (Å²) in [6, 6.07) is 8.52. The zero-order valence-electron chi connectivity index (χ0n) is 11.8. The maximum atomic E-state index is 9.77. The molecule has 19 heavy (non-hydrogen) atoms. The fourth-order valence-electron chi connectivity index (χ4n) is 3.18. The van der Waals surface area contributed by atoms with Crippen LogP contribution in [0.1, 0.15) is 38.2 Å². The summed E-state index contributed by atoms with van der Waals surface area (Å²) in [6.45, 7) is 4.45. The monoisotopic (exact) mass is 280 g/mol. The second-order valence-corrected chi connectivity index (χ2v) is 7.23. The molecular weight excluding hydrogens is 256 g/mol. The number of aliphatic hydroxyl groups is 2. The van der Waals surface area contributed by atoms with Gasteiger partial charge in [-0.25, -0.2) is 0 Å². The van der Waals surface area contributed by atoms with Crippen molar-refractivity contribution in [2.24, 2.45) is 11.3 Å². The molecule has 3 heteroatoms. The van der Waals surface area contributed by atoms with Crippen molar-refractivity contribution < 1.29 is 10.2 Å². The Hall–Kier alpha value is -0.510. The molecule has 0 saturated carbocycles. The Morgan fingerprint density at radius 1 is 1.26 bits per heavy atom. The normalized spacial score (nSPS) is 18.9. The summed E-state index contributed by atoms with van der Waals surface area (Å²) in [7, 11) is 0. The van der Waals surface area contributed by atoms with E-state index in [0.717, 1.165) is 18.6 Å². The standard InChI is InChI=1S/C16H24O2S/c1-12(2)7-16(10-17,11-18)8-13-9-19-15-6-4-3-5-14(13)15/h3-6,12-13,17-18H,7-11H2,1-2H3. The van der Waals surface area contributed by atoms with Crippen molar-refractivity contribution in [2.75, 3.05) is 19.0 Å². The van der Waals surface area contributed by atoms with Crippen molar-refractivity contribution in [1.29, 1.82) is 0 Å². The maximum absolute atomic E-state index is 9.77. The van der Waals surface area contributed by atoms with E-state index in [9.17, 15) is 10.2 Å². The van der Waals surface area contributed by atoms with E-state index in [-0.39, 0.29) is 18.6 Å². The van der Waals surface area contributed by atoms with Gasteiger partial charge in [0.15, 0.2) is 0 Å². The molecule has 0 saturated heterocycles. The van der Waals surface area contributed by atoms with E-state index in [1.165, 1.54) is 10.5 Å². The van der Waals surface area contributed by atoms with E-state index in [2.05, 4.69) is 38.1 Å². The third-order valence-corrected chi connectivity index (χ3v) is 5.24. The van der Waals surface area contributed by atoms with Gasteiger partial charge in [-0.2, -0.15) is 0 Å². The van der Waals surface area contributed by atoms with E-state index in [1.807, 2.05) is 11.8 Å². The van der Waals surface area contributed by atoms with Gasteiger partial charge in [-0.05, 0) is 36.3 Å². The molecule has 0 radical (unpaired) electrons. The second-order valence-electron chi connectivity index (χ2n) is 6.16. The Morgan fingerprint density at radius 3 is 2.58 bits per heavy atom. The number of thioether (sulfide) groups is 1. The predicted octanol–water partition coefficient (Wildman–Crippen LogP) is 3.28. The zero-order chi connectivity index (χ0) is 13.9. The van der Waals surface area contributed by atoms with E-state index in [4.69, 9.17) is 0 Å². The highest BCUT2D eigenvalue weighted by Gasteiger charge is 2.35. The molecule has 2 nitrogen and oxygen atoms in total. The van der Waals surface area contributed by atoms with Crippen LogP contribution in [-0.4, -0.2) is 29.2 Å². The lowest BCUT2D eigenvalue weighted by Gasteiger charge is -2.34. The summed E-state index contributed by atoms with van der Waals surface area (Å²) in [5.74, 6) is 2.02. The Labute approximate surface area is 120 Å². The SMILES string of the molecule is CC(C)CC(CO)(CO)CC1CSc2ccccc21. The number of fused-ring (bicyclic) bond motifs is 1. The van der Waals surface area contributed by atoms with Crippen LogP contribution in [0, 0.1) is 11.3 Å². The van der Waals surface area contributed by atoms with Gasteiger partial charge >= 0.3 is 0 Å². The lowest BCUT2D eigenvalue weighted by Crippen LogP contribution is -2.33. The van der Waals surface area contributed by atoms with E-state index >= 15 is 0 Å². The van der Waals surface area contributed by atoms with Crippen molar-refractivity contribution in [3.63, 3.8) is 0 Å². The zero-order valence-corrected chi connectivity index (χ0v) is 12.6. The van der Waals surface area contributed by atoms with Gasteiger partial charge in [-0.3, -0.25) is 0 Å². The molecule has 0 bridgehead atoms. The minimum absolute atomic E-state index is 0.0744. The van der Waals surface area contributed by atoms with Gasteiger partial charge in [-0.15, -0.1) is 11.8 Å². The van der Waals surface area contributed by atoms with Crippen LogP contribution in [0.2, 0.25) is 0 Å². The molecule has 106 valence electrons. The van der Waals surface area contributed by atoms with E-state index in [0.29, 0.717) is 11.8 Å². The first-order valence-electron chi connectivity index (χ1n) is 7.03. The minimum Gasteiger partial charge on any atom is -0.396 e. The summed E-state index contributed by atoms with van der Waals surface area (Å²) in [5, 5.41) is 19.5. The average Bonchev–Trinajstić information content (AvgIpc) is 2.81. The van der Waals surface area contributed by atoms with Gasteiger partial charge in [0.25, 0.3) is 0 Å². The molecule has 2 N–H and O–H groups in total. The first-order valence-corrected chi connectivity index (χ1v) is 8.02. The number of aliphatic hydroxyl groups excluding tert-OH is 2. The number of benzene rings is 1. The largest absolute Gasteiger partial charge is 0.396 e. The van der Waals surface area contributed by atoms with Gasteiger partial charge in [0.1, 0.15) is 0 Å². The smallest absolute Gasteiger partial charge is 0.0509 e. The molecule has 1 aliphatic rings. The third kappa shape index (κ3) is 3.33. The number of hydrogen-bond acceptors (Lipinski definition) is 3. The van der Waals surface area contributed by atoms with Crippen LogP contribution in [0.15, 0.2) is 29.2 Å². The lowest BCUT2D eigenvalue weighted by atomic mass is 9.74. The molecule has 0 amide bonds. The highest BCUT2D eigenvalue weighted by atomic mass is 32.2. The van der Waals surface area contributed by atoms with Crippen molar-refractivity contribution >= 4 is 11.8 Å². The van der Waals surface area contributed by atoms with Gasteiger partial charge < -0.3 is 10.2 Å². The molecule has 0 aromatic heterocycles. The van der Waals surface area contributed by atoms with E-state index in [1.54, 1.807) is 0 Å². The summed E-state index contributed by atoms with van der Waals surface area (Å²) >= 11 is 1.89. The molecule has 2 rings (SSSR count). The summed E-state index contributed by atoms with van der Waals surface area (Å²) in [5.41, 5.74) is 1.05. The van der Waals surface area contributed by atoms with Crippen molar-refractivity contribution in [3.05, 3.63) is 29.8 Å². The quantitative estimate of drug-likeness (QED) is 0.840. The van der Waals surface area contributed by atoms with Gasteiger partial charge in [0, 0.05) is 16.1 Å².